The highest BCUT2D eigenvalue weighted by atomic mass is 32.2. The summed E-state index contributed by atoms with van der Waals surface area (Å²) in [5.74, 6) is -1.31. The molecule has 2 rings (SSSR count). The maximum absolute atomic E-state index is 12.2. The number of unbranched alkanes of at least 4 members (excludes halogenated alkanes) is 1. The van der Waals surface area contributed by atoms with E-state index in [1.807, 2.05) is 31.2 Å². The number of benzene rings is 1. The van der Waals surface area contributed by atoms with Crippen molar-refractivity contribution in [1.29, 1.82) is 0 Å². The van der Waals surface area contributed by atoms with Crippen molar-refractivity contribution in [3.8, 4) is 0 Å². The number of carbonyl (C=O) groups excluding carboxylic acids is 2. The van der Waals surface area contributed by atoms with Gasteiger partial charge in [0.2, 0.25) is 5.16 Å². The molecule has 0 fully saturated rings. The molecule has 1 unspecified atom stereocenters. The quantitative estimate of drug-likeness (QED) is 0.587. The maximum atomic E-state index is 12.2. The zero-order chi connectivity index (χ0) is 16.7. The molecule has 1 heterocycles. The Bertz CT molecular complexity index is 638. The summed E-state index contributed by atoms with van der Waals surface area (Å²) in [6, 6.07) is 7.56. The van der Waals surface area contributed by atoms with E-state index in [2.05, 4.69) is 14.7 Å². The summed E-state index contributed by atoms with van der Waals surface area (Å²) in [7, 11) is 1.31. The summed E-state index contributed by atoms with van der Waals surface area (Å²) in [4.78, 5) is 31.0. The summed E-state index contributed by atoms with van der Waals surface area (Å²) >= 11 is 0.882. The number of imidazole rings is 1. The van der Waals surface area contributed by atoms with Crippen molar-refractivity contribution in [2.24, 2.45) is 5.92 Å². The number of esters is 1. The summed E-state index contributed by atoms with van der Waals surface area (Å²) in [6.07, 6.45) is 2.44. The predicted molar refractivity (Wildman–Crippen MR) is 87.7 cm³/mol. The normalized spacial score (nSPS) is 12.1. The molecule has 23 heavy (non-hydrogen) atoms. The van der Waals surface area contributed by atoms with Gasteiger partial charge in [-0.3, -0.25) is 9.59 Å². The number of fused-ring (bicyclic) bond motifs is 1. The third-order valence-corrected chi connectivity index (χ3v) is 4.05. The van der Waals surface area contributed by atoms with E-state index in [1.165, 1.54) is 7.11 Å². The molecule has 2 aromatic rings. The summed E-state index contributed by atoms with van der Waals surface area (Å²) in [5, 5.41) is 0.506. The molecule has 0 amide bonds. The standard InChI is InChI=1S/C16H20N2O4S/c1-3-4-7-11(10-14(19)21-2)15(20)22-23-16-17-12-8-5-6-9-13(12)18-16/h5-6,8-9,11H,3-4,7,10H2,1-2H3,(H,17,18). The second kappa shape index (κ2) is 8.57. The molecule has 0 saturated carbocycles. The van der Waals surface area contributed by atoms with Crippen molar-refractivity contribution in [3.63, 3.8) is 0 Å². The summed E-state index contributed by atoms with van der Waals surface area (Å²) in [6.45, 7) is 2.03. The van der Waals surface area contributed by atoms with E-state index in [1.54, 1.807) is 0 Å². The van der Waals surface area contributed by atoms with Gasteiger partial charge in [-0.1, -0.05) is 31.9 Å². The molecule has 1 aromatic heterocycles. The number of methoxy groups -OCH3 is 1. The number of hydrogen-bond donors (Lipinski definition) is 1. The highest BCUT2D eigenvalue weighted by molar-refractivity contribution is 7.94. The van der Waals surface area contributed by atoms with E-state index >= 15 is 0 Å². The maximum Gasteiger partial charge on any atom is 0.322 e. The van der Waals surface area contributed by atoms with Crippen molar-refractivity contribution in [2.45, 2.75) is 37.8 Å². The Labute approximate surface area is 139 Å². The molecule has 1 N–H and O–H groups in total. The number of H-pyrrole nitrogens is 1. The van der Waals surface area contributed by atoms with Crippen LogP contribution >= 0.6 is 12.0 Å². The van der Waals surface area contributed by atoms with Crippen molar-refractivity contribution >= 4 is 35.0 Å². The average molecular weight is 336 g/mol. The predicted octanol–water partition coefficient (Wildman–Crippen LogP) is 3.48. The molecule has 0 aliphatic heterocycles. The van der Waals surface area contributed by atoms with Gasteiger partial charge < -0.3 is 13.9 Å². The summed E-state index contributed by atoms with van der Waals surface area (Å²) < 4.78 is 9.88. The molecule has 7 heteroatoms. The Kier molecular flexibility index (Phi) is 6.46. The van der Waals surface area contributed by atoms with Gasteiger partial charge in [0.05, 0.1) is 30.5 Å². The Morgan fingerprint density at radius 1 is 1.35 bits per heavy atom. The zero-order valence-corrected chi connectivity index (χ0v) is 14.0. The van der Waals surface area contributed by atoms with Crippen molar-refractivity contribution in [2.75, 3.05) is 7.11 Å². The van der Waals surface area contributed by atoms with Gasteiger partial charge in [-0.25, -0.2) is 4.98 Å². The van der Waals surface area contributed by atoms with Crippen LogP contribution in [-0.2, 0) is 18.5 Å². The Hall–Kier alpha value is -2.02. The number of aromatic amines is 1. The second-order valence-electron chi connectivity index (χ2n) is 5.16. The summed E-state index contributed by atoms with van der Waals surface area (Å²) in [5.41, 5.74) is 1.69. The van der Waals surface area contributed by atoms with Crippen LogP contribution in [0.15, 0.2) is 29.4 Å². The van der Waals surface area contributed by atoms with E-state index in [0.717, 1.165) is 35.9 Å². The molecule has 0 aliphatic rings. The van der Waals surface area contributed by atoms with Gasteiger partial charge >= 0.3 is 11.9 Å². The van der Waals surface area contributed by atoms with Crippen LogP contribution in [0.25, 0.3) is 11.0 Å². The first-order valence-electron chi connectivity index (χ1n) is 7.54. The number of nitrogens with zero attached hydrogens (tertiary/aromatic N) is 1. The van der Waals surface area contributed by atoms with Gasteiger partial charge in [-0.2, -0.15) is 0 Å². The van der Waals surface area contributed by atoms with E-state index in [4.69, 9.17) is 4.18 Å². The number of carbonyl (C=O) groups is 2. The molecule has 0 saturated heterocycles. The fraction of sp³-hybridized carbons (Fsp3) is 0.438. The minimum atomic E-state index is -0.487. The highest BCUT2D eigenvalue weighted by Crippen LogP contribution is 2.24. The van der Waals surface area contributed by atoms with E-state index in [0.29, 0.717) is 11.6 Å². The molecule has 6 nitrogen and oxygen atoms in total. The fourth-order valence-electron chi connectivity index (χ4n) is 2.16. The topological polar surface area (TPSA) is 81.3 Å². The minimum absolute atomic E-state index is 0.0377. The zero-order valence-electron chi connectivity index (χ0n) is 13.2. The number of para-hydroxylation sites is 2. The largest absolute Gasteiger partial charge is 0.469 e. The Morgan fingerprint density at radius 2 is 2.13 bits per heavy atom. The van der Waals surface area contributed by atoms with Gasteiger partial charge in [0.15, 0.2) is 0 Å². The third kappa shape index (κ3) is 4.99. The van der Waals surface area contributed by atoms with Gasteiger partial charge in [-0.05, 0) is 18.6 Å². The molecular weight excluding hydrogens is 316 g/mol. The van der Waals surface area contributed by atoms with Gasteiger partial charge in [0.1, 0.15) is 12.0 Å². The molecule has 1 aromatic carbocycles. The first-order valence-corrected chi connectivity index (χ1v) is 8.28. The molecular formula is C16H20N2O4S. The number of rotatable bonds is 8. The molecule has 124 valence electrons. The first-order chi connectivity index (χ1) is 11.1. The number of hydrogen-bond acceptors (Lipinski definition) is 6. The van der Waals surface area contributed by atoms with Crippen LogP contribution in [0.3, 0.4) is 0 Å². The van der Waals surface area contributed by atoms with E-state index in [-0.39, 0.29) is 6.42 Å². The van der Waals surface area contributed by atoms with Crippen LogP contribution in [-0.4, -0.2) is 29.0 Å². The lowest BCUT2D eigenvalue weighted by Gasteiger charge is -2.12. The van der Waals surface area contributed by atoms with Gasteiger partial charge in [0, 0.05) is 0 Å². The van der Waals surface area contributed by atoms with E-state index in [9.17, 15) is 9.59 Å². The number of aromatic nitrogens is 2. The fourth-order valence-corrected chi connectivity index (χ4v) is 2.74. The lowest BCUT2D eigenvalue weighted by atomic mass is 9.99. The minimum Gasteiger partial charge on any atom is -0.469 e. The monoisotopic (exact) mass is 336 g/mol. The smallest absolute Gasteiger partial charge is 0.322 e. The number of ether oxygens (including phenoxy) is 1. The molecule has 0 spiro atoms. The lowest BCUT2D eigenvalue weighted by molar-refractivity contribution is -0.148. The van der Waals surface area contributed by atoms with Gasteiger partial charge in [0.25, 0.3) is 0 Å². The van der Waals surface area contributed by atoms with E-state index < -0.39 is 17.9 Å². The third-order valence-electron chi connectivity index (χ3n) is 3.45. The Balaban J connectivity index is 1.95. The SMILES string of the molecule is CCCCC(CC(=O)OC)C(=O)OSc1nc2ccccc2[nH]1. The number of nitrogens with one attached hydrogen (secondary N) is 1. The van der Waals surface area contributed by atoms with Crippen LogP contribution < -0.4 is 0 Å². The lowest BCUT2D eigenvalue weighted by Crippen LogP contribution is -2.20. The first kappa shape index (κ1) is 17.3. The second-order valence-corrected chi connectivity index (χ2v) is 5.88. The van der Waals surface area contributed by atoms with Crippen LogP contribution in [0.1, 0.15) is 32.6 Å². The Morgan fingerprint density at radius 3 is 2.83 bits per heavy atom. The van der Waals surface area contributed by atoms with Crippen LogP contribution in [0.5, 0.6) is 0 Å². The molecule has 1 atom stereocenters. The van der Waals surface area contributed by atoms with Gasteiger partial charge in [-0.15, -0.1) is 0 Å². The highest BCUT2D eigenvalue weighted by Gasteiger charge is 2.24. The van der Waals surface area contributed by atoms with Crippen LogP contribution in [0.4, 0.5) is 0 Å². The molecule has 0 bridgehead atoms. The van der Waals surface area contributed by atoms with Crippen molar-refractivity contribution < 1.29 is 18.5 Å². The van der Waals surface area contributed by atoms with Crippen molar-refractivity contribution in [1.82, 2.24) is 9.97 Å². The van der Waals surface area contributed by atoms with Crippen LogP contribution in [0.2, 0.25) is 0 Å². The average Bonchev–Trinajstić information content (AvgIpc) is 2.99. The van der Waals surface area contributed by atoms with Crippen LogP contribution in [0, 0.1) is 5.92 Å². The molecule has 0 radical (unpaired) electrons. The van der Waals surface area contributed by atoms with Crippen molar-refractivity contribution in [3.05, 3.63) is 24.3 Å². The molecule has 0 aliphatic carbocycles.